The highest BCUT2D eigenvalue weighted by molar-refractivity contribution is 7.17. The first-order valence-electron chi connectivity index (χ1n) is 16.8. The van der Waals surface area contributed by atoms with Crippen LogP contribution < -0.4 is 9.47 Å². The van der Waals surface area contributed by atoms with Gasteiger partial charge in [-0.1, -0.05) is 71.7 Å². The number of halogens is 2. The summed E-state index contributed by atoms with van der Waals surface area (Å²) in [7, 11) is 0. The fourth-order valence-electron chi connectivity index (χ4n) is 5.92. The van der Waals surface area contributed by atoms with Gasteiger partial charge in [0.1, 0.15) is 47.4 Å². The number of carboxylic acid groups (broad SMARTS) is 2. The smallest absolute Gasteiger partial charge is 0.349 e. The third-order valence-electron chi connectivity index (χ3n) is 8.89. The molecule has 0 aliphatic carbocycles. The van der Waals surface area contributed by atoms with Gasteiger partial charge >= 0.3 is 11.9 Å². The van der Waals surface area contributed by atoms with Crippen LogP contribution >= 0.6 is 45.9 Å². The molecule has 4 aromatic heterocycles. The van der Waals surface area contributed by atoms with Gasteiger partial charge in [-0.3, -0.25) is 9.13 Å². The van der Waals surface area contributed by atoms with Gasteiger partial charge in [-0.05, 0) is 79.4 Å². The molecule has 0 bridgehead atoms. The minimum absolute atomic E-state index is 0.161. The number of aryl methyl sites for hydroxylation is 2. The molecular weight excluding hydrogens is 780 g/mol. The molecule has 55 heavy (non-hydrogen) atoms. The fraction of sp³-hybridized carbons (Fsp3) is 0.122. The molecule has 0 amide bonds. The van der Waals surface area contributed by atoms with E-state index < -0.39 is 11.9 Å². The maximum atomic E-state index is 11.8. The zero-order valence-corrected chi connectivity index (χ0v) is 32.8. The Kier molecular flexibility index (Phi) is 10.9. The van der Waals surface area contributed by atoms with Crippen LogP contribution in [0.2, 0.25) is 10.0 Å². The Morgan fingerprint density at radius 2 is 1.27 bits per heavy atom. The van der Waals surface area contributed by atoms with Crippen LogP contribution in [-0.4, -0.2) is 41.3 Å². The SMILES string of the molecule is Cc1ccccc1COc1c(C(=O)O)sc(-n2cnc3ccc(Cl)cc32)c1C.Cc1ccccc1COc1cc(-n2cnc3cc(Cl)ccc32)sc1C(=O)O. The summed E-state index contributed by atoms with van der Waals surface area (Å²) in [5.74, 6) is -1.29. The third kappa shape index (κ3) is 7.94. The number of carboxylic acids is 2. The molecule has 0 unspecified atom stereocenters. The first-order chi connectivity index (χ1) is 26.5. The molecule has 4 heterocycles. The van der Waals surface area contributed by atoms with Gasteiger partial charge in [0.2, 0.25) is 0 Å². The molecule has 0 saturated heterocycles. The van der Waals surface area contributed by atoms with Gasteiger partial charge in [0.25, 0.3) is 0 Å². The first kappa shape index (κ1) is 37.6. The normalized spacial score (nSPS) is 11.1. The van der Waals surface area contributed by atoms with Crippen LogP contribution in [0.5, 0.6) is 11.5 Å². The number of imidazole rings is 2. The zero-order chi connectivity index (χ0) is 38.8. The molecule has 8 rings (SSSR count). The number of benzene rings is 4. The molecule has 2 N–H and O–H groups in total. The summed E-state index contributed by atoms with van der Waals surface area (Å²) >= 11 is 14.5. The summed E-state index contributed by atoms with van der Waals surface area (Å²) in [5.41, 5.74) is 8.20. The number of ether oxygens (including phenoxy) is 2. The van der Waals surface area contributed by atoms with E-state index >= 15 is 0 Å². The molecule has 0 aliphatic heterocycles. The predicted octanol–water partition coefficient (Wildman–Crippen LogP) is 11.0. The van der Waals surface area contributed by atoms with Crippen molar-refractivity contribution in [1.82, 2.24) is 19.1 Å². The summed E-state index contributed by atoms with van der Waals surface area (Å²) in [6.45, 7) is 6.48. The second-order valence-corrected chi connectivity index (χ2v) is 15.4. The van der Waals surface area contributed by atoms with E-state index in [0.717, 1.165) is 71.2 Å². The Balaban J connectivity index is 0.000000169. The number of nitrogens with zero attached hydrogens (tertiary/aromatic N) is 4. The third-order valence-corrected chi connectivity index (χ3v) is 11.7. The van der Waals surface area contributed by atoms with Gasteiger partial charge in [-0.25, -0.2) is 19.6 Å². The van der Waals surface area contributed by atoms with Gasteiger partial charge in [-0.2, -0.15) is 0 Å². The van der Waals surface area contributed by atoms with Gasteiger partial charge < -0.3 is 19.7 Å². The Bertz CT molecular complexity index is 2710. The number of aromatic carboxylic acids is 2. The van der Waals surface area contributed by atoms with E-state index in [9.17, 15) is 19.8 Å². The van der Waals surface area contributed by atoms with Crippen LogP contribution in [-0.2, 0) is 13.2 Å². The minimum atomic E-state index is -1.02. The van der Waals surface area contributed by atoms with Crippen LogP contribution in [0.3, 0.4) is 0 Å². The monoisotopic (exact) mass is 810 g/mol. The quantitative estimate of drug-likeness (QED) is 0.140. The van der Waals surface area contributed by atoms with Crippen LogP contribution in [0.1, 0.15) is 47.2 Å². The van der Waals surface area contributed by atoms with Crippen molar-refractivity contribution in [3.05, 3.63) is 151 Å². The van der Waals surface area contributed by atoms with Crippen molar-refractivity contribution in [3.63, 3.8) is 0 Å². The molecule has 0 atom stereocenters. The number of rotatable bonds is 10. The summed E-state index contributed by atoms with van der Waals surface area (Å²) in [6.07, 6.45) is 3.33. The summed E-state index contributed by atoms with van der Waals surface area (Å²) in [6, 6.07) is 28.3. The van der Waals surface area contributed by atoms with Crippen molar-refractivity contribution in [2.75, 3.05) is 0 Å². The summed E-state index contributed by atoms with van der Waals surface area (Å²) < 4.78 is 15.5. The lowest BCUT2D eigenvalue weighted by molar-refractivity contribution is 0.0686. The number of thiophene rings is 2. The van der Waals surface area contributed by atoms with Crippen molar-refractivity contribution < 1.29 is 29.3 Å². The van der Waals surface area contributed by atoms with E-state index in [1.165, 1.54) is 11.3 Å². The number of carbonyl (C=O) groups is 2. The Morgan fingerprint density at radius 3 is 1.95 bits per heavy atom. The van der Waals surface area contributed by atoms with Gasteiger partial charge in [-0.15, -0.1) is 22.7 Å². The molecular formula is C41H32Cl2N4O6S2. The highest BCUT2D eigenvalue weighted by atomic mass is 35.5. The van der Waals surface area contributed by atoms with E-state index in [2.05, 4.69) is 9.97 Å². The van der Waals surface area contributed by atoms with Gasteiger partial charge in [0.15, 0.2) is 9.75 Å². The predicted molar refractivity (Wildman–Crippen MR) is 218 cm³/mol. The summed E-state index contributed by atoms with van der Waals surface area (Å²) in [4.78, 5) is 32.6. The van der Waals surface area contributed by atoms with Crippen LogP contribution in [0.15, 0.2) is 104 Å². The molecule has 14 heteroatoms. The van der Waals surface area contributed by atoms with Crippen molar-refractivity contribution in [2.24, 2.45) is 0 Å². The highest BCUT2D eigenvalue weighted by Gasteiger charge is 2.24. The number of fused-ring (bicyclic) bond motifs is 2. The van der Waals surface area contributed by atoms with Gasteiger partial charge in [0, 0.05) is 21.7 Å². The number of hydrogen-bond donors (Lipinski definition) is 2. The minimum Gasteiger partial charge on any atom is -0.487 e. The Morgan fingerprint density at radius 1 is 0.673 bits per heavy atom. The lowest BCUT2D eigenvalue weighted by atomic mass is 10.1. The number of aromatic nitrogens is 4. The molecule has 0 fully saturated rings. The largest absolute Gasteiger partial charge is 0.487 e. The van der Waals surface area contributed by atoms with E-state index in [4.69, 9.17) is 32.7 Å². The molecule has 0 spiro atoms. The van der Waals surface area contributed by atoms with Crippen molar-refractivity contribution in [3.8, 4) is 21.5 Å². The first-order valence-corrected chi connectivity index (χ1v) is 19.2. The average molecular weight is 812 g/mol. The molecule has 10 nitrogen and oxygen atoms in total. The van der Waals surface area contributed by atoms with E-state index in [0.29, 0.717) is 34.8 Å². The standard InChI is InChI=1S/C21H17ClN2O3S.C20H15ClN2O3S/c1-12-5-3-4-6-14(12)10-27-18-13(2)20(28-19(18)21(25)26)24-11-23-16-8-7-15(22)9-17(16)24;1-12-4-2-3-5-13(12)10-26-17-9-18(27-19(17)20(24)25)23-11-22-15-8-14(21)6-7-16(15)23/h3-9,11H,10H2,1-2H3,(H,25,26);2-9,11H,10H2,1H3,(H,24,25). The Labute approximate surface area is 333 Å². The van der Waals surface area contributed by atoms with Crippen molar-refractivity contribution in [2.45, 2.75) is 34.0 Å². The lowest BCUT2D eigenvalue weighted by Gasteiger charge is -2.10. The average Bonchev–Trinajstić information content (AvgIpc) is 3.95. The maximum Gasteiger partial charge on any atom is 0.349 e. The molecule has 0 radical (unpaired) electrons. The molecule has 278 valence electrons. The maximum absolute atomic E-state index is 11.8. The molecule has 4 aromatic carbocycles. The molecule has 0 saturated carbocycles. The van der Waals surface area contributed by atoms with Crippen LogP contribution in [0, 0.1) is 20.8 Å². The topological polar surface area (TPSA) is 129 Å². The van der Waals surface area contributed by atoms with E-state index in [1.54, 1.807) is 36.9 Å². The van der Waals surface area contributed by atoms with Crippen LogP contribution in [0.25, 0.3) is 32.1 Å². The van der Waals surface area contributed by atoms with Crippen molar-refractivity contribution in [1.29, 1.82) is 0 Å². The molecule has 0 aliphatic rings. The zero-order valence-electron chi connectivity index (χ0n) is 29.6. The van der Waals surface area contributed by atoms with E-state index in [-0.39, 0.29) is 9.75 Å². The second-order valence-electron chi connectivity index (χ2n) is 12.5. The fourth-order valence-corrected chi connectivity index (χ4v) is 8.25. The van der Waals surface area contributed by atoms with Crippen LogP contribution in [0.4, 0.5) is 0 Å². The lowest BCUT2D eigenvalue weighted by Crippen LogP contribution is -2.02. The van der Waals surface area contributed by atoms with E-state index in [1.807, 2.05) is 96.6 Å². The van der Waals surface area contributed by atoms with Gasteiger partial charge in [0.05, 0.1) is 22.1 Å². The summed E-state index contributed by atoms with van der Waals surface area (Å²) in [5, 5.41) is 21.9. The second kappa shape index (κ2) is 16.0. The number of hydrogen-bond acceptors (Lipinski definition) is 8. The molecule has 8 aromatic rings. The van der Waals surface area contributed by atoms with Crippen molar-refractivity contribution >= 4 is 79.9 Å². The Hall–Kier alpha value is -5.66. The highest BCUT2D eigenvalue weighted by Crippen LogP contribution is 2.40.